The smallest absolute Gasteiger partial charge is 0.408 e. The summed E-state index contributed by atoms with van der Waals surface area (Å²) in [5, 5.41) is 10.4. The Morgan fingerprint density at radius 3 is 1.78 bits per heavy atom. The summed E-state index contributed by atoms with van der Waals surface area (Å²) >= 11 is 0. The van der Waals surface area contributed by atoms with Crippen LogP contribution in [0, 0.1) is 5.92 Å². The molecule has 0 saturated heterocycles. The zero-order chi connectivity index (χ0) is 28.1. The van der Waals surface area contributed by atoms with Gasteiger partial charge in [0.1, 0.15) is 23.3 Å². The van der Waals surface area contributed by atoms with Gasteiger partial charge in [-0.15, -0.1) is 0 Å². The highest BCUT2D eigenvalue weighted by Gasteiger charge is 2.30. The van der Waals surface area contributed by atoms with Crippen molar-refractivity contribution in [3.05, 3.63) is 0 Å². The van der Waals surface area contributed by atoms with E-state index in [-0.39, 0.29) is 24.7 Å². The van der Waals surface area contributed by atoms with E-state index >= 15 is 0 Å². The Balaban J connectivity index is 5.19. The molecule has 0 aliphatic carbocycles. The molecule has 0 aliphatic heterocycles. The van der Waals surface area contributed by atoms with Crippen molar-refractivity contribution in [3.63, 3.8) is 0 Å². The van der Waals surface area contributed by atoms with Crippen LogP contribution in [0.3, 0.4) is 0 Å². The Kier molecular flexibility index (Phi) is 13.9. The summed E-state index contributed by atoms with van der Waals surface area (Å²) in [6, 6.07) is -2.60. The van der Waals surface area contributed by atoms with Crippen LogP contribution < -0.4 is 27.0 Å². The van der Waals surface area contributed by atoms with Crippen LogP contribution in [0.1, 0.15) is 81.1 Å². The second kappa shape index (κ2) is 15.1. The van der Waals surface area contributed by atoms with E-state index in [2.05, 4.69) is 21.3 Å². The number of hydrogen-bond acceptors (Lipinski definition) is 7. The molecule has 0 aromatic heterocycles. The highest BCUT2D eigenvalue weighted by atomic mass is 16.6. The largest absolute Gasteiger partial charge is 0.460 e. The van der Waals surface area contributed by atoms with Crippen molar-refractivity contribution in [1.82, 2.24) is 21.3 Å². The fourth-order valence-electron chi connectivity index (χ4n) is 2.95. The van der Waals surface area contributed by atoms with Crippen molar-refractivity contribution >= 4 is 29.9 Å². The summed E-state index contributed by atoms with van der Waals surface area (Å²) in [6.45, 7) is 14.5. The highest BCUT2D eigenvalue weighted by molar-refractivity contribution is 5.91. The molecule has 0 fully saturated rings. The lowest BCUT2D eigenvalue weighted by Gasteiger charge is -2.27. The van der Waals surface area contributed by atoms with Crippen molar-refractivity contribution in [1.29, 1.82) is 0 Å². The lowest BCUT2D eigenvalue weighted by Crippen LogP contribution is -2.56. The minimum absolute atomic E-state index is 0.0424. The number of nitrogens with two attached hydrogens (primary N) is 1. The van der Waals surface area contributed by atoms with Crippen LogP contribution in [0.5, 0.6) is 0 Å². The van der Waals surface area contributed by atoms with Gasteiger partial charge >= 0.3 is 18.1 Å². The number of rotatable bonds is 13. The molecule has 2 atom stereocenters. The summed E-state index contributed by atoms with van der Waals surface area (Å²) in [5.74, 6) is -1.78. The lowest BCUT2D eigenvalue weighted by molar-refractivity contribution is -0.155. The Morgan fingerprint density at radius 2 is 1.31 bits per heavy atom. The third kappa shape index (κ3) is 16.6. The minimum atomic E-state index is -1.12. The van der Waals surface area contributed by atoms with Gasteiger partial charge in [-0.05, 0) is 66.7 Å². The SMILES string of the molecule is CC(C)[C@H](NC(=O)[C@H](CCC(=O)OC(C)(C)C)NC(=O)OC(C)(C)C)C(=O)NCCCCNC(N)=O. The maximum absolute atomic E-state index is 13.1. The fraction of sp³-hybridized carbons (Fsp3) is 0.792. The summed E-state index contributed by atoms with van der Waals surface area (Å²) in [5.41, 5.74) is 3.53. The molecule has 12 heteroatoms. The van der Waals surface area contributed by atoms with E-state index in [0.717, 1.165) is 0 Å². The summed E-state index contributed by atoms with van der Waals surface area (Å²) < 4.78 is 10.5. The molecule has 12 nitrogen and oxygen atoms in total. The molecular formula is C24H45N5O7. The second-order valence-electron chi connectivity index (χ2n) is 10.8. The van der Waals surface area contributed by atoms with Crippen molar-refractivity contribution in [2.45, 2.75) is 104 Å². The summed E-state index contributed by atoms with van der Waals surface area (Å²) in [7, 11) is 0. The standard InChI is InChI=1S/C24H45N5O7/c1-15(2)18(20(32)26-13-9-10-14-27-21(25)33)29-19(31)16(28-22(34)36-24(6,7)8)11-12-17(30)35-23(3,4)5/h15-16,18H,9-14H2,1-8H3,(H,26,32)(H,28,34)(H,29,31)(H3,25,27,33)/t16-,18-/m0/s1. The van der Waals surface area contributed by atoms with Crippen LogP contribution in [-0.4, -0.2) is 66.3 Å². The normalized spacial score (nSPS) is 13.2. The van der Waals surface area contributed by atoms with E-state index in [1.54, 1.807) is 55.4 Å². The van der Waals surface area contributed by atoms with E-state index in [4.69, 9.17) is 15.2 Å². The third-order valence-electron chi connectivity index (χ3n) is 4.51. The summed E-state index contributed by atoms with van der Waals surface area (Å²) in [6.07, 6.45) is 0.238. The quantitative estimate of drug-likeness (QED) is 0.183. The first-order valence-electron chi connectivity index (χ1n) is 12.2. The van der Waals surface area contributed by atoms with Crippen LogP contribution in [-0.2, 0) is 23.9 Å². The second-order valence-corrected chi connectivity index (χ2v) is 10.8. The number of unbranched alkanes of at least 4 members (excludes halogenated alkanes) is 1. The van der Waals surface area contributed by atoms with Crippen LogP contribution in [0.25, 0.3) is 0 Å². The average molecular weight is 516 g/mol. The predicted molar refractivity (Wildman–Crippen MR) is 135 cm³/mol. The van der Waals surface area contributed by atoms with Crippen LogP contribution in [0.4, 0.5) is 9.59 Å². The first-order chi connectivity index (χ1) is 16.4. The molecular weight excluding hydrogens is 470 g/mol. The van der Waals surface area contributed by atoms with E-state index in [1.807, 2.05) is 0 Å². The number of carbonyl (C=O) groups excluding carboxylic acids is 5. The van der Waals surface area contributed by atoms with Crippen molar-refractivity contribution in [2.24, 2.45) is 11.7 Å². The van der Waals surface area contributed by atoms with Crippen molar-refractivity contribution < 1.29 is 33.4 Å². The molecule has 6 N–H and O–H groups in total. The zero-order valence-electron chi connectivity index (χ0n) is 22.9. The zero-order valence-corrected chi connectivity index (χ0v) is 22.9. The van der Waals surface area contributed by atoms with Gasteiger partial charge in [-0.2, -0.15) is 0 Å². The molecule has 5 amide bonds. The Hall–Kier alpha value is -3.05. The molecule has 0 spiro atoms. The van der Waals surface area contributed by atoms with Gasteiger partial charge in [0.05, 0.1) is 0 Å². The molecule has 36 heavy (non-hydrogen) atoms. The number of carbonyl (C=O) groups is 5. The van der Waals surface area contributed by atoms with Gasteiger partial charge < -0.3 is 36.5 Å². The maximum atomic E-state index is 13.1. The molecule has 0 aromatic rings. The van der Waals surface area contributed by atoms with Crippen LogP contribution in [0.2, 0.25) is 0 Å². The lowest BCUT2D eigenvalue weighted by atomic mass is 10.0. The van der Waals surface area contributed by atoms with E-state index in [9.17, 15) is 24.0 Å². The molecule has 208 valence electrons. The van der Waals surface area contributed by atoms with Gasteiger partial charge in [0, 0.05) is 19.5 Å². The van der Waals surface area contributed by atoms with Gasteiger partial charge in [0.25, 0.3) is 0 Å². The number of esters is 1. The first kappa shape index (κ1) is 33.0. The first-order valence-corrected chi connectivity index (χ1v) is 12.2. The Morgan fingerprint density at radius 1 is 0.778 bits per heavy atom. The molecule has 0 radical (unpaired) electrons. The van der Waals surface area contributed by atoms with E-state index in [0.29, 0.717) is 25.9 Å². The van der Waals surface area contributed by atoms with Crippen LogP contribution >= 0.6 is 0 Å². The number of nitrogens with one attached hydrogen (secondary N) is 4. The van der Waals surface area contributed by atoms with Crippen LogP contribution in [0.15, 0.2) is 0 Å². The topological polar surface area (TPSA) is 178 Å². The average Bonchev–Trinajstić information content (AvgIpc) is 2.68. The monoisotopic (exact) mass is 515 g/mol. The van der Waals surface area contributed by atoms with Crippen molar-refractivity contribution in [2.75, 3.05) is 13.1 Å². The molecule has 0 rings (SSSR count). The van der Waals surface area contributed by atoms with Gasteiger partial charge in [-0.3, -0.25) is 14.4 Å². The molecule has 0 aliphatic rings. The fourth-order valence-corrected chi connectivity index (χ4v) is 2.95. The number of ether oxygens (including phenoxy) is 2. The molecule has 0 aromatic carbocycles. The minimum Gasteiger partial charge on any atom is -0.460 e. The molecule has 0 unspecified atom stereocenters. The van der Waals surface area contributed by atoms with E-state index < -0.39 is 47.3 Å². The highest BCUT2D eigenvalue weighted by Crippen LogP contribution is 2.12. The molecule has 0 bridgehead atoms. The molecule has 0 saturated carbocycles. The number of hydrogen-bond donors (Lipinski definition) is 5. The van der Waals surface area contributed by atoms with Gasteiger partial charge in [-0.1, -0.05) is 13.8 Å². The number of alkyl carbamates (subject to hydrolysis) is 1. The Labute approximate surface area is 214 Å². The van der Waals surface area contributed by atoms with Crippen molar-refractivity contribution in [3.8, 4) is 0 Å². The Bertz CT molecular complexity index is 757. The maximum Gasteiger partial charge on any atom is 0.408 e. The molecule has 0 heterocycles. The summed E-state index contributed by atoms with van der Waals surface area (Å²) in [4.78, 5) is 61.0. The number of amides is 5. The predicted octanol–water partition coefficient (Wildman–Crippen LogP) is 1.71. The number of urea groups is 1. The van der Waals surface area contributed by atoms with Gasteiger partial charge in [0.15, 0.2) is 0 Å². The number of primary amides is 1. The third-order valence-corrected chi connectivity index (χ3v) is 4.51. The van der Waals surface area contributed by atoms with E-state index in [1.165, 1.54) is 0 Å². The van der Waals surface area contributed by atoms with Gasteiger partial charge in [-0.25, -0.2) is 9.59 Å². The van der Waals surface area contributed by atoms with Gasteiger partial charge in [0.2, 0.25) is 11.8 Å².